The van der Waals surface area contributed by atoms with Gasteiger partial charge in [-0.15, -0.1) is 12.4 Å². The van der Waals surface area contributed by atoms with Crippen LogP contribution in [-0.2, 0) is 0 Å². The lowest BCUT2D eigenvalue weighted by atomic mass is 10.2. The van der Waals surface area contributed by atoms with Crippen molar-refractivity contribution in [3.8, 4) is 5.88 Å². The zero-order valence-corrected chi connectivity index (χ0v) is 7.98. The predicted molar refractivity (Wildman–Crippen MR) is 56.4 cm³/mol. The van der Waals surface area contributed by atoms with Crippen LogP contribution in [0.15, 0.2) is 18.2 Å². The second kappa shape index (κ2) is 3.18. The molecule has 4 heteroatoms. The van der Waals surface area contributed by atoms with E-state index in [1.165, 1.54) is 0 Å². The van der Waals surface area contributed by atoms with Crippen LogP contribution in [0.2, 0.25) is 0 Å². The van der Waals surface area contributed by atoms with Gasteiger partial charge in [0.15, 0.2) is 5.88 Å². The summed E-state index contributed by atoms with van der Waals surface area (Å²) in [6, 6.07) is 5.53. The molecule has 2 aromatic rings. The summed E-state index contributed by atoms with van der Waals surface area (Å²) in [7, 11) is 0. The molecule has 0 aliphatic heterocycles. The summed E-state index contributed by atoms with van der Waals surface area (Å²) in [5.74, 6) is 0.218. The van der Waals surface area contributed by atoms with Crippen molar-refractivity contribution in [1.82, 2.24) is 4.98 Å². The van der Waals surface area contributed by atoms with Crippen LogP contribution in [0.1, 0.15) is 5.56 Å². The van der Waals surface area contributed by atoms with Gasteiger partial charge in [0.25, 0.3) is 0 Å². The van der Waals surface area contributed by atoms with E-state index in [1.807, 2.05) is 25.1 Å². The van der Waals surface area contributed by atoms with Crippen LogP contribution < -0.4 is 5.73 Å². The molecule has 0 fully saturated rings. The number of hydrogen-bond acceptors (Lipinski definition) is 2. The first-order valence-corrected chi connectivity index (χ1v) is 3.75. The summed E-state index contributed by atoms with van der Waals surface area (Å²) in [4.78, 5) is 2.84. The molecule has 0 saturated heterocycles. The number of halogens is 1. The Morgan fingerprint density at radius 3 is 2.77 bits per heavy atom. The Kier molecular flexibility index (Phi) is 2.38. The summed E-state index contributed by atoms with van der Waals surface area (Å²) < 4.78 is 0. The van der Waals surface area contributed by atoms with Gasteiger partial charge in [-0.2, -0.15) is 0 Å². The van der Waals surface area contributed by atoms with Crippen molar-refractivity contribution in [3.63, 3.8) is 0 Å². The number of nitrogen functional groups attached to an aromatic ring is 1. The summed E-state index contributed by atoms with van der Waals surface area (Å²) >= 11 is 0. The van der Waals surface area contributed by atoms with Gasteiger partial charge in [-0.05, 0) is 19.1 Å². The molecule has 0 unspecified atom stereocenters. The zero-order chi connectivity index (χ0) is 8.72. The Labute approximate surface area is 82.0 Å². The van der Waals surface area contributed by atoms with Crippen molar-refractivity contribution >= 4 is 29.0 Å². The summed E-state index contributed by atoms with van der Waals surface area (Å²) in [5.41, 5.74) is 8.02. The van der Waals surface area contributed by atoms with Crippen LogP contribution in [0.25, 0.3) is 10.9 Å². The fourth-order valence-electron chi connectivity index (χ4n) is 1.34. The maximum atomic E-state index is 9.34. The average molecular weight is 199 g/mol. The van der Waals surface area contributed by atoms with Crippen LogP contribution in [-0.4, -0.2) is 10.1 Å². The number of fused-ring (bicyclic) bond motifs is 1. The molecule has 0 spiro atoms. The molecule has 4 N–H and O–H groups in total. The molecule has 0 bridgehead atoms. The van der Waals surface area contributed by atoms with Gasteiger partial charge in [-0.3, -0.25) is 0 Å². The first kappa shape index (κ1) is 9.74. The highest BCUT2D eigenvalue weighted by molar-refractivity contribution is 5.87. The van der Waals surface area contributed by atoms with E-state index in [2.05, 4.69) is 4.98 Å². The molecule has 70 valence electrons. The first-order chi connectivity index (χ1) is 5.68. The van der Waals surface area contributed by atoms with Gasteiger partial charge in [0.2, 0.25) is 0 Å². The number of H-pyrrole nitrogens is 1. The quantitative estimate of drug-likeness (QED) is 0.569. The number of nitrogens with one attached hydrogen (secondary N) is 1. The van der Waals surface area contributed by atoms with Crippen LogP contribution in [0.4, 0.5) is 5.69 Å². The highest BCUT2D eigenvalue weighted by atomic mass is 35.5. The molecule has 0 atom stereocenters. The third-order valence-corrected chi connectivity index (χ3v) is 2.06. The van der Waals surface area contributed by atoms with E-state index < -0.39 is 0 Å². The normalized spacial score (nSPS) is 9.92. The predicted octanol–water partition coefficient (Wildman–Crippen LogP) is 2.19. The number of aromatic hydroxyl groups is 1. The minimum Gasteiger partial charge on any atom is -0.494 e. The van der Waals surface area contributed by atoms with Crippen molar-refractivity contribution in [2.24, 2.45) is 0 Å². The molecule has 0 aliphatic rings. The number of benzene rings is 1. The summed E-state index contributed by atoms with van der Waals surface area (Å²) in [5, 5.41) is 10.4. The van der Waals surface area contributed by atoms with E-state index in [9.17, 15) is 5.11 Å². The molecule has 1 heterocycles. The van der Waals surface area contributed by atoms with Gasteiger partial charge in [-0.1, -0.05) is 6.07 Å². The highest BCUT2D eigenvalue weighted by Crippen LogP contribution is 2.26. The molecule has 13 heavy (non-hydrogen) atoms. The molecule has 1 aromatic carbocycles. The Bertz CT molecular complexity index is 436. The Balaban J connectivity index is 0.000000845. The molecule has 3 nitrogen and oxygen atoms in total. The fourth-order valence-corrected chi connectivity index (χ4v) is 1.34. The van der Waals surface area contributed by atoms with E-state index >= 15 is 0 Å². The summed E-state index contributed by atoms with van der Waals surface area (Å²) in [6.45, 7) is 1.87. The first-order valence-electron chi connectivity index (χ1n) is 3.75. The highest BCUT2D eigenvalue weighted by Gasteiger charge is 2.04. The van der Waals surface area contributed by atoms with E-state index in [4.69, 9.17) is 5.73 Å². The van der Waals surface area contributed by atoms with E-state index in [-0.39, 0.29) is 18.3 Å². The minimum absolute atomic E-state index is 0. The maximum Gasteiger partial charge on any atom is 0.192 e. The third kappa shape index (κ3) is 1.42. The Hall–Kier alpha value is -1.35. The average Bonchev–Trinajstić information content (AvgIpc) is 2.28. The Morgan fingerprint density at radius 1 is 1.38 bits per heavy atom. The lowest BCUT2D eigenvalue weighted by Crippen LogP contribution is -1.82. The minimum atomic E-state index is 0. The smallest absolute Gasteiger partial charge is 0.192 e. The molecule has 0 radical (unpaired) electrons. The van der Waals surface area contributed by atoms with E-state index in [0.717, 1.165) is 16.5 Å². The molecule has 1 aromatic heterocycles. The van der Waals surface area contributed by atoms with Gasteiger partial charge >= 0.3 is 0 Å². The number of rotatable bonds is 0. The standard InChI is InChI=1S/C9H10N2O.ClH/c1-5-7-3-2-6(10)4-8(7)11-9(5)12;/h2-4,11-12H,10H2,1H3;1H. The van der Waals surface area contributed by atoms with Crippen LogP contribution >= 0.6 is 12.4 Å². The second-order valence-corrected chi connectivity index (χ2v) is 2.90. The molecule has 0 amide bonds. The van der Waals surface area contributed by atoms with Crippen molar-refractivity contribution in [2.45, 2.75) is 6.92 Å². The zero-order valence-electron chi connectivity index (χ0n) is 7.16. The largest absolute Gasteiger partial charge is 0.494 e. The van der Waals surface area contributed by atoms with Gasteiger partial charge in [-0.25, -0.2) is 0 Å². The van der Waals surface area contributed by atoms with E-state index in [1.54, 1.807) is 0 Å². The monoisotopic (exact) mass is 198 g/mol. The number of nitrogens with two attached hydrogens (primary N) is 1. The summed E-state index contributed by atoms with van der Waals surface area (Å²) in [6.07, 6.45) is 0. The number of anilines is 1. The molecule has 0 aliphatic carbocycles. The van der Waals surface area contributed by atoms with Crippen molar-refractivity contribution in [1.29, 1.82) is 0 Å². The fraction of sp³-hybridized carbons (Fsp3) is 0.111. The SMILES string of the molecule is Cc1c(O)[nH]c2cc(N)ccc12.Cl. The third-order valence-electron chi connectivity index (χ3n) is 2.06. The maximum absolute atomic E-state index is 9.34. The van der Waals surface area contributed by atoms with Crippen LogP contribution in [0.3, 0.4) is 0 Å². The molecule has 0 saturated carbocycles. The van der Waals surface area contributed by atoms with E-state index in [0.29, 0.717) is 5.69 Å². The lowest BCUT2D eigenvalue weighted by Gasteiger charge is -1.92. The van der Waals surface area contributed by atoms with Gasteiger partial charge in [0.1, 0.15) is 0 Å². The van der Waals surface area contributed by atoms with Gasteiger partial charge < -0.3 is 15.8 Å². The lowest BCUT2D eigenvalue weighted by molar-refractivity contribution is 0.454. The van der Waals surface area contributed by atoms with Crippen molar-refractivity contribution in [3.05, 3.63) is 23.8 Å². The van der Waals surface area contributed by atoms with Crippen molar-refractivity contribution < 1.29 is 5.11 Å². The van der Waals surface area contributed by atoms with Crippen molar-refractivity contribution in [2.75, 3.05) is 5.73 Å². The topological polar surface area (TPSA) is 62.0 Å². The molecule has 2 rings (SSSR count). The Morgan fingerprint density at radius 2 is 2.08 bits per heavy atom. The second-order valence-electron chi connectivity index (χ2n) is 2.90. The van der Waals surface area contributed by atoms with Crippen LogP contribution in [0, 0.1) is 6.92 Å². The number of hydrogen-bond donors (Lipinski definition) is 3. The van der Waals surface area contributed by atoms with Gasteiger partial charge in [0.05, 0.1) is 5.52 Å². The number of aryl methyl sites for hydroxylation is 1. The molecular weight excluding hydrogens is 188 g/mol. The van der Waals surface area contributed by atoms with Gasteiger partial charge in [0, 0.05) is 16.6 Å². The molecular formula is C9H11ClN2O. The number of aromatic nitrogens is 1. The van der Waals surface area contributed by atoms with Crippen LogP contribution in [0.5, 0.6) is 5.88 Å². The number of aromatic amines is 1.